The lowest BCUT2D eigenvalue weighted by Crippen LogP contribution is -2.26. The number of pyridine rings is 1. The number of nitrogen functional groups attached to an aromatic ring is 1. The molecule has 0 radical (unpaired) electrons. The summed E-state index contributed by atoms with van der Waals surface area (Å²) in [6, 6.07) is 0. The topological polar surface area (TPSA) is 76.3 Å². The molecule has 0 bridgehead atoms. The summed E-state index contributed by atoms with van der Waals surface area (Å²) < 4.78 is 1.21. The molecule has 108 valence electrons. The zero-order valence-electron chi connectivity index (χ0n) is 10.7. The van der Waals surface area contributed by atoms with Crippen molar-refractivity contribution in [3.63, 3.8) is 0 Å². The molecule has 1 aliphatic heterocycles. The minimum absolute atomic E-state index is 0.00597. The van der Waals surface area contributed by atoms with Crippen molar-refractivity contribution in [2.45, 2.75) is 13.3 Å². The maximum atomic E-state index is 12.2. The van der Waals surface area contributed by atoms with E-state index in [1.165, 1.54) is 18.7 Å². The Labute approximate surface area is 137 Å². The van der Waals surface area contributed by atoms with Crippen molar-refractivity contribution in [2.75, 3.05) is 22.9 Å². The van der Waals surface area contributed by atoms with E-state index in [0.29, 0.717) is 39.2 Å². The Morgan fingerprint density at radius 2 is 2.30 bits per heavy atom. The second kappa shape index (κ2) is 6.44. The van der Waals surface area contributed by atoms with Gasteiger partial charge < -0.3 is 10.6 Å². The summed E-state index contributed by atoms with van der Waals surface area (Å²) in [7, 11) is 0. The first-order chi connectivity index (χ1) is 9.40. The van der Waals surface area contributed by atoms with E-state index >= 15 is 0 Å². The normalized spacial score (nSPS) is 18.6. The van der Waals surface area contributed by atoms with Crippen LogP contribution in [0.4, 0.5) is 11.4 Å². The molecule has 1 atom stereocenters. The lowest BCUT2D eigenvalue weighted by Gasteiger charge is -2.20. The number of hydrogen-bond acceptors (Lipinski definition) is 5. The summed E-state index contributed by atoms with van der Waals surface area (Å²) in [5.41, 5.74) is 7.11. The van der Waals surface area contributed by atoms with E-state index < -0.39 is 0 Å². The highest BCUT2D eigenvalue weighted by atomic mass is 79.9. The predicted octanol–water partition coefficient (Wildman–Crippen LogP) is 2.82. The van der Waals surface area contributed by atoms with Crippen molar-refractivity contribution in [3.8, 4) is 0 Å². The van der Waals surface area contributed by atoms with Crippen LogP contribution in [-0.4, -0.2) is 28.3 Å². The van der Waals surface area contributed by atoms with Crippen LogP contribution >= 0.6 is 43.6 Å². The highest BCUT2D eigenvalue weighted by Gasteiger charge is 2.33. The van der Waals surface area contributed by atoms with Gasteiger partial charge in [0.05, 0.1) is 10.2 Å². The van der Waals surface area contributed by atoms with E-state index in [0.717, 1.165) is 0 Å². The third-order valence-corrected chi connectivity index (χ3v) is 5.25. The molecule has 1 aromatic heterocycles. The standard InChI is InChI=1S/C12H13Br2N3O2S/c1-6(18)20-5-7-2-9(19)17(4-7)11-10(15)8(13)3-16-12(11)14/h3,7H,2,4-5H2,1H3,(H2,15,16). The third-order valence-electron chi connectivity index (χ3n) is 3.00. The van der Waals surface area contributed by atoms with Gasteiger partial charge in [0, 0.05) is 31.8 Å². The summed E-state index contributed by atoms with van der Waals surface area (Å²) in [5.74, 6) is 0.810. The van der Waals surface area contributed by atoms with E-state index in [4.69, 9.17) is 5.73 Å². The summed E-state index contributed by atoms with van der Waals surface area (Å²) in [6.45, 7) is 2.09. The molecule has 1 aromatic rings. The Hall–Kier alpha value is -0.600. The van der Waals surface area contributed by atoms with Crippen molar-refractivity contribution in [1.29, 1.82) is 0 Å². The zero-order chi connectivity index (χ0) is 14.9. The van der Waals surface area contributed by atoms with Gasteiger partial charge in [-0.05, 0) is 37.8 Å². The number of amides is 1. The molecule has 5 nitrogen and oxygen atoms in total. The molecule has 8 heteroatoms. The number of carbonyl (C=O) groups is 2. The molecule has 0 aromatic carbocycles. The molecule has 0 saturated carbocycles. The predicted molar refractivity (Wildman–Crippen MR) is 87.6 cm³/mol. The molecular weight excluding hydrogens is 410 g/mol. The highest BCUT2D eigenvalue weighted by molar-refractivity contribution is 9.11. The first-order valence-corrected chi connectivity index (χ1v) is 8.50. The van der Waals surface area contributed by atoms with Gasteiger partial charge in [-0.2, -0.15) is 0 Å². The molecule has 1 unspecified atom stereocenters. The SMILES string of the molecule is CC(=O)SCC1CC(=O)N(c2c(Br)ncc(Br)c2N)C1. The number of anilines is 2. The Morgan fingerprint density at radius 3 is 2.95 bits per heavy atom. The van der Waals surface area contributed by atoms with Crippen LogP contribution in [0.3, 0.4) is 0 Å². The van der Waals surface area contributed by atoms with Gasteiger partial charge in [0.15, 0.2) is 5.12 Å². The summed E-state index contributed by atoms with van der Waals surface area (Å²) in [6.07, 6.45) is 2.02. The second-order valence-electron chi connectivity index (χ2n) is 4.54. The van der Waals surface area contributed by atoms with E-state index in [1.807, 2.05) is 0 Å². The number of thioether (sulfide) groups is 1. The monoisotopic (exact) mass is 421 g/mol. The molecule has 1 saturated heterocycles. The average molecular weight is 423 g/mol. The molecule has 2 heterocycles. The summed E-state index contributed by atoms with van der Waals surface area (Å²) in [4.78, 5) is 29.0. The van der Waals surface area contributed by atoms with E-state index in [9.17, 15) is 9.59 Å². The van der Waals surface area contributed by atoms with Gasteiger partial charge >= 0.3 is 0 Å². The zero-order valence-corrected chi connectivity index (χ0v) is 14.7. The number of rotatable bonds is 3. The van der Waals surface area contributed by atoms with Crippen LogP contribution in [0.5, 0.6) is 0 Å². The van der Waals surface area contributed by atoms with Crippen molar-refractivity contribution in [2.24, 2.45) is 5.92 Å². The van der Waals surface area contributed by atoms with Gasteiger partial charge in [-0.1, -0.05) is 11.8 Å². The molecule has 0 spiro atoms. The van der Waals surface area contributed by atoms with Crippen LogP contribution in [0.25, 0.3) is 0 Å². The maximum Gasteiger partial charge on any atom is 0.227 e. The maximum absolute atomic E-state index is 12.2. The molecular formula is C12H13Br2N3O2S. The highest BCUT2D eigenvalue weighted by Crippen LogP contribution is 2.39. The largest absolute Gasteiger partial charge is 0.396 e. The molecule has 1 amide bonds. The summed E-state index contributed by atoms with van der Waals surface area (Å²) >= 11 is 7.91. The minimum Gasteiger partial charge on any atom is -0.396 e. The first-order valence-electron chi connectivity index (χ1n) is 5.93. The molecule has 2 rings (SSSR count). The van der Waals surface area contributed by atoms with E-state index in [2.05, 4.69) is 36.8 Å². The fraction of sp³-hybridized carbons (Fsp3) is 0.417. The fourth-order valence-corrected chi connectivity index (χ4v) is 3.58. The van der Waals surface area contributed by atoms with E-state index in [1.54, 1.807) is 11.1 Å². The van der Waals surface area contributed by atoms with Gasteiger partial charge in [0.25, 0.3) is 0 Å². The molecule has 1 aliphatic rings. The molecule has 1 fully saturated rings. The quantitative estimate of drug-likeness (QED) is 0.758. The molecule has 20 heavy (non-hydrogen) atoms. The smallest absolute Gasteiger partial charge is 0.227 e. The van der Waals surface area contributed by atoms with Crippen molar-refractivity contribution in [3.05, 3.63) is 15.3 Å². The van der Waals surface area contributed by atoms with Crippen LogP contribution < -0.4 is 10.6 Å². The van der Waals surface area contributed by atoms with Crippen LogP contribution in [0, 0.1) is 5.92 Å². The number of nitrogens with zero attached hydrogens (tertiary/aromatic N) is 2. The van der Waals surface area contributed by atoms with Crippen molar-refractivity contribution in [1.82, 2.24) is 4.98 Å². The first kappa shape index (κ1) is 15.8. The number of carbonyl (C=O) groups excluding carboxylic acids is 2. The Balaban J connectivity index is 2.20. The van der Waals surface area contributed by atoms with Gasteiger partial charge in [0.2, 0.25) is 5.91 Å². The van der Waals surface area contributed by atoms with Crippen LogP contribution in [0.1, 0.15) is 13.3 Å². The Bertz CT molecular complexity index is 568. The van der Waals surface area contributed by atoms with Crippen molar-refractivity contribution >= 4 is 66.0 Å². The minimum atomic E-state index is 0.00597. The molecule has 0 aliphatic carbocycles. The van der Waals surface area contributed by atoms with Gasteiger partial charge in [-0.3, -0.25) is 9.59 Å². The van der Waals surface area contributed by atoms with Crippen molar-refractivity contribution < 1.29 is 9.59 Å². The van der Waals surface area contributed by atoms with Gasteiger partial charge in [0.1, 0.15) is 10.3 Å². The van der Waals surface area contributed by atoms with Crippen LogP contribution in [0.2, 0.25) is 0 Å². The second-order valence-corrected chi connectivity index (χ2v) is 7.34. The van der Waals surface area contributed by atoms with Gasteiger partial charge in [-0.15, -0.1) is 0 Å². The lowest BCUT2D eigenvalue weighted by atomic mass is 10.1. The Kier molecular flexibility index (Phi) is 5.09. The number of nitrogens with two attached hydrogens (primary N) is 1. The lowest BCUT2D eigenvalue weighted by molar-refractivity contribution is -0.117. The Morgan fingerprint density at radius 1 is 1.60 bits per heavy atom. The van der Waals surface area contributed by atoms with Gasteiger partial charge in [-0.25, -0.2) is 4.98 Å². The number of hydrogen-bond donors (Lipinski definition) is 1. The van der Waals surface area contributed by atoms with Crippen LogP contribution in [0.15, 0.2) is 15.3 Å². The number of halogens is 2. The third kappa shape index (κ3) is 3.35. The fourth-order valence-electron chi connectivity index (χ4n) is 2.07. The summed E-state index contributed by atoms with van der Waals surface area (Å²) in [5, 5.41) is 0.0701. The van der Waals surface area contributed by atoms with Crippen LogP contribution in [-0.2, 0) is 9.59 Å². The number of aromatic nitrogens is 1. The average Bonchev–Trinajstić information content (AvgIpc) is 2.74. The van der Waals surface area contributed by atoms with E-state index in [-0.39, 0.29) is 16.9 Å². The molecule has 2 N–H and O–H groups in total.